The summed E-state index contributed by atoms with van der Waals surface area (Å²) in [6, 6.07) is 0. The van der Waals surface area contributed by atoms with Gasteiger partial charge in [0.2, 0.25) is 11.0 Å². The quantitative estimate of drug-likeness (QED) is 0.257. The SMILES string of the molecule is CC(=O)C1(SN=C=O)O[C@H](CO)[C@@H](O)[C@H](O)[C@H]1O. The Kier molecular flexibility index (Phi) is 5.00. The maximum Gasteiger partial charge on any atom is 0.247 e. The molecular weight excluding hydrogens is 266 g/mol. The van der Waals surface area contributed by atoms with E-state index in [4.69, 9.17) is 9.84 Å². The van der Waals surface area contributed by atoms with Gasteiger partial charge < -0.3 is 25.2 Å². The second-order valence-electron chi connectivity index (χ2n) is 3.76. The van der Waals surface area contributed by atoms with Crippen LogP contribution in [0.4, 0.5) is 0 Å². The van der Waals surface area contributed by atoms with E-state index in [9.17, 15) is 24.9 Å². The number of nitrogens with zero attached hydrogens (tertiary/aromatic N) is 1. The molecule has 0 aromatic heterocycles. The van der Waals surface area contributed by atoms with Crippen LogP contribution in [0.15, 0.2) is 4.40 Å². The maximum atomic E-state index is 11.6. The molecule has 0 radical (unpaired) electrons. The first-order valence-electron chi connectivity index (χ1n) is 5.00. The minimum absolute atomic E-state index is 0.283. The lowest BCUT2D eigenvalue weighted by Crippen LogP contribution is -2.66. The smallest absolute Gasteiger partial charge is 0.247 e. The number of carbonyl (C=O) groups is 1. The van der Waals surface area contributed by atoms with Crippen molar-refractivity contribution in [2.24, 2.45) is 4.40 Å². The van der Waals surface area contributed by atoms with Crippen molar-refractivity contribution in [3.05, 3.63) is 0 Å². The van der Waals surface area contributed by atoms with Crippen molar-refractivity contribution in [1.29, 1.82) is 0 Å². The predicted octanol–water partition coefficient (Wildman–Crippen LogP) is -2.27. The van der Waals surface area contributed by atoms with Crippen LogP contribution in [0.5, 0.6) is 0 Å². The van der Waals surface area contributed by atoms with E-state index in [0.29, 0.717) is 0 Å². The van der Waals surface area contributed by atoms with E-state index in [1.165, 1.54) is 0 Å². The molecule has 0 aliphatic carbocycles. The predicted molar refractivity (Wildman–Crippen MR) is 59.1 cm³/mol. The summed E-state index contributed by atoms with van der Waals surface area (Å²) >= 11 is 0.283. The molecule has 1 aliphatic rings. The highest BCUT2D eigenvalue weighted by molar-refractivity contribution is 8.00. The average molecular weight is 279 g/mol. The second kappa shape index (κ2) is 5.89. The standard InChI is InChI=1S/C9H13NO7S/c1-4(13)9(18-10-3-12)8(16)7(15)6(14)5(2-11)17-9/h5-8,11,14-16H,2H2,1H3/t5-,6-,7+,8-,9?/m1/s1. The highest BCUT2D eigenvalue weighted by atomic mass is 32.2. The van der Waals surface area contributed by atoms with E-state index in [2.05, 4.69) is 4.40 Å². The van der Waals surface area contributed by atoms with Gasteiger partial charge in [0.15, 0.2) is 5.78 Å². The summed E-state index contributed by atoms with van der Waals surface area (Å²) in [5, 5.41) is 38.0. The first-order chi connectivity index (χ1) is 8.40. The molecule has 1 heterocycles. The largest absolute Gasteiger partial charge is 0.394 e. The highest BCUT2D eigenvalue weighted by Crippen LogP contribution is 2.40. The first kappa shape index (κ1) is 15.3. The molecule has 1 rings (SSSR count). The number of ether oxygens (including phenoxy) is 1. The Morgan fingerprint density at radius 3 is 2.50 bits per heavy atom. The van der Waals surface area contributed by atoms with Gasteiger partial charge >= 0.3 is 0 Å². The van der Waals surface area contributed by atoms with Crippen LogP contribution in [0.3, 0.4) is 0 Å². The molecule has 0 saturated carbocycles. The highest BCUT2D eigenvalue weighted by Gasteiger charge is 2.57. The molecule has 1 fully saturated rings. The third kappa shape index (κ3) is 2.47. The Balaban J connectivity index is 3.14. The number of carbonyl (C=O) groups excluding carboxylic acids is 2. The molecule has 102 valence electrons. The molecule has 8 nitrogen and oxygen atoms in total. The first-order valence-corrected chi connectivity index (χ1v) is 5.77. The molecule has 0 aromatic carbocycles. The third-order valence-corrected chi connectivity index (χ3v) is 3.72. The number of hydrogen-bond donors (Lipinski definition) is 4. The lowest BCUT2D eigenvalue weighted by molar-refractivity contribution is -0.236. The minimum atomic E-state index is -2.05. The van der Waals surface area contributed by atoms with Gasteiger partial charge in [-0.15, -0.1) is 4.40 Å². The van der Waals surface area contributed by atoms with Crippen LogP contribution in [-0.2, 0) is 14.3 Å². The van der Waals surface area contributed by atoms with E-state index in [1.54, 1.807) is 0 Å². The molecule has 9 heteroatoms. The second-order valence-corrected chi connectivity index (χ2v) is 4.73. The Hall–Kier alpha value is -0.800. The monoisotopic (exact) mass is 279 g/mol. The topological polar surface area (TPSA) is 137 Å². The van der Waals surface area contributed by atoms with Crippen molar-refractivity contribution in [2.45, 2.75) is 36.3 Å². The molecule has 1 saturated heterocycles. The Labute approximate surface area is 106 Å². The Morgan fingerprint density at radius 1 is 1.44 bits per heavy atom. The normalized spacial score (nSPS) is 40.1. The fourth-order valence-corrected chi connectivity index (χ4v) is 2.37. The van der Waals surface area contributed by atoms with Gasteiger partial charge in [-0.05, 0) is 6.92 Å². The summed E-state index contributed by atoms with van der Waals surface area (Å²) in [5.41, 5.74) is 0. The number of rotatable bonds is 4. The van der Waals surface area contributed by atoms with Crippen LogP contribution < -0.4 is 0 Å². The van der Waals surface area contributed by atoms with E-state index in [-0.39, 0.29) is 11.9 Å². The van der Waals surface area contributed by atoms with Crippen molar-refractivity contribution in [3.63, 3.8) is 0 Å². The van der Waals surface area contributed by atoms with E-state index in [0.717, 1.165) is 13.0 Å². The summed E-state index contributed by atoms with van der Waals surface area (Å²) < 4.78 is 8.21. The molecule has 0 amide bonds. The van der Waals surface area contributed by atoms with Gasteiger partial charge in [0.25, 0.3) is 0 Å². The zero-order valence-electron chi connectivity index (χ0n) is 9.39. The number of Topliss-reactive ketones (excluding diaryl/α,β-unsaturated/α-hetero) is 1. The van der Waals surface area contributed by atoms with E-state index in [1.807, 2.05) is 0 Å². The molecule has 1 unspecified atom stereocenters. The van der Waals surface area contributed by atoms with Gasteiger partial charge in [0.1, 0.15) is 24.4 Å². The number of ketones is 1. The van der Waals surface area contributed by atoms with Gasteiger partial charge in [0, 0.05) is 11.9 Å². The van der Waals surface area contributed by atoms with Gasteiger partial charge in [-0.3, -0.25) is 4.79 Å². The maximum absolute atomic E-state index is 11.6. The van der Waals surface area contributed by atoms with Crippen LogP contribution in [0.1, 0.15) is 6.92 Å². The van der Waals surface area contributed by atoms with Gasteiger partial charge in [0.05, 0.1) is 6.61 Å². The van der Waals surface area contributed by atoms with E-state index >= 15 is 0 Å². The number of hydrogen-bond acceptors (Lipinski definition) is 9. The molecule has 5 atom stereocenters. The molecule has 0 aromatic rings. The zero-order chi connectivity index (χ0) is 13.9. The molecule has 4 N–H and O–H groups in total. The summed E-state index contributed by atoms with van der Waals surface area (Å²) in [7, 11) is 0. The van der Waals surface area contributed by atoms with Gasteiger partial charge in [-0.1, -0.05) is 0 Å². The van der Waals surface area contributed by atoms with Crippen molar-refractivity contribution in [2.75, 3.05) is 6.61 Å². The Morgan fingerprint density at radius 2 is 2.06 bits per heavy atom. The fraction of sp³-hybridized carbons (Fsp3) is 0.778. The molecule has 1 aliphatic heterocycles. The molecule has 0 bridgehead atoms. The van der Waals surface area contributed by atoms with Crippen molar-refractivity contribution in [3.8, 4) is 0 Å². The summed E-state index contributed by atoms with van der Waals surface area (Å²) in [6.45, 7) is 0.390. The third-order valence-electron chi connectivity index (χ3n) is 2.66. The Bertz CT molecular complexity index is 370. The lowest BCUT2D eigenvalue weighted by atomic mass is 9.93. The molecular formula is C9H13NO7S. The summed E-state index contributed by atoms with van der Waals surface area (Å²) in [6.07, 6.45) is -5.18. The minimum Gasteiger partial charge on any atom is -0.394 e. The van der Waals surface area contributed by atoms with E-state index < -0.39 is 41.7 Å². The van der Waals surface area contributed by atoms with Crippen molar-refractivity contribution < 1.29 is 34.8 Å². The van der Waals surface area contributed by atoms with Crippen LogP contribution in [0.25, 0.3) is 0 Å². The number of aliphatic hydroxyl groups is 4. The zero-order valence-corrected chi connectivity index (χ0v) is 10.2. The van der Waals surface area contributed by atoms with Crippen molar-refractivity contribution in [1.82, 2.24) is 0 Å². The van der Waals surface area contributed by atoms with Crippen LogP contribution >= 0.6 is 11.9 Å². The number of isocyanates is 1. The number of aliphatic hydroxyl groups excluding tert-OH is 4. The van der Waals surface area contributed by atoms with Crippen LogP contribution in [-0.4, -0.2) is 68.2 Å². The van der Waals surface area contributed by atoms with Crippen LogP contribution in [0.2, 0.25) is 0 Å². The van der Waals surface area contributed by atoms with Gasteiger partial charge in [-0.25, -0.2) is 4.79 Å². The molecule has 18 heavy (non-hydrogen) atoms. The van der Waals surface area contributed by atoms with Crippen molar-refractivity contribution >= 4 is 23.8 Å². The lowest BCUT2D eigenvalue weighted by Gasteiger charge is -2.45. The molecule has 0 spiro atoms. The summed E-state index contributed by atoms with van der Waals surface area (Å²) in [4.78, 5) is 19.6. The summed E-state index contributed by atoms with van der Waals surface area (Å²) in [5.74, 6) is -0.719. The van der Waals surface area contributed by atoms with Crippen LogP contribution in [0, 0.1) is 0 Å². The fourth-order valence-electron chi connectivity index (χ4n) is 1.66. The van der Waals surface area contributed by atoms with Gasteiger partial charge in [-0.2, -0.15) is 0 Å². The average Bonchev–Trinajstić information content (AvgIpc) is 2.35.